The molecule has 5 rings (SSSR count). The Hall–Kier alpha value is -0.190. The molecule has 1 saturated heterocycles. The summed E-state index contributed by atoms with van der Waals surface area (Å²) in [5.41, 5.74) is 1.52. The molecule has 4 heteroatoms. The van der Waals surface area contributed by atoms with Crippen molar-refractivity contribution in [1.82, 2.24) is 0 Å². The lowest BCUT2D eigenvalue weighted by molar-refractivity contribution is -0.176. The van der Waals surface area contributed by atoms with E-state index in [1.165, 1.54) is 12.8 Å². The number of ketones is 1. The van der Waals surface area contributed by atoms with Crippen molar-refractivity contribution >= 4 is 21.7 Å². The van der Waals surface area contributed by atoms with Crippen molar-refractivity contribution in [3.63, 3.8) is 0 Å². The number of ether oxygens (including phenoxy) is 2. The molecule has 5 aliphatic rings. The number of hydrogen-bond acceptors (Lipinski definition) is 3. The summed E-state index contributed by atoms with van der Waals surface area (Å²) in [6, 6.07) is 0. The van der Waals surface area contributed by atoms with E-state index in [1.54, 1.807) is 5.57 Å². The van der Waals surface area contributed by atoms with Gasteiger partial charge in [-0.2, -0.15) is 0 Å². The van der Waals surface area contributed by atoms with Gasteiger partial charge in [0.25, 0.3) is 0 Å². The highest BCUT2D eigenvalue weighted by molar-refractivity contribution is 9.10. The molecule has 3 nitrogen and oxygen atoms in total. The van der Waals surface area contributed by atoms with E-state index in [1.807, 2.05) is 0 Å². The topological polar surface area (TPSA) is 35.5 Å². The van der Waals surface area contributed by atoms with E-state index in [2.05, 4.69) is 28.9 Å². The average Bonchev–Trinajstić information content (AvgIpc) is 3.12. The highest BCUT2D eigenvalue weighted by atomic mass is 79.9. The molecule has 4 aliphatic carbocycles. The SMILES string of the molecule is C[C@]12CC[C@H]3[C@@H](CC=C4CC5(CC[C@@H]43)OCCO5)[C@@H]1C[C@@H](Br)C2=O. The molecule has 1 heterocycles. The zero-order valence-corrected chi connectivity index (χ0v) is 16.0. The number of Topliss-reactive ketones (excluding diaryl/α,β-unsaturated/α-hetero) is 1. The van der Waals surface area contributed by atoms with Crippen LogP contribution in [0.2, 0.25) is 0 Å². The highest BCUT2D eigenvalue weighted by Crippen LogP contribution is 2.61. The zero-order chi connectivity index (χ0) is 16.5. The van der Waals surface area contributed by atoms with E-state index in [9.17, 15) is 4.79 Å². The van der Waals surface area contributed by atoms with E-state index >= 15 is 0 Å². The lowest BCUT2D eigenvalue weighted by atomic mass is 9.53. The highest BCUT2D eigenvalue weighted by Gasteiger charge is 2.59. The minimum Gasteiger partial charge on any atom is -0.347 e. The van der Waals surface area contributed by atoms with Crippen LogP contribution < -0.4 is 0 Å². The maximum Gasteiger partial charge on any atom is 0.172 e. The zero-order valence-electron chi connectivity index (χ0n) is 14.4. The molecule has 0 aromatic heterocycles. The molecule has 0 N–H and O–H groups in total. The second-order valence-corrected chi connectivity index (χ2v) is 10.0. The first kappa shape index (κ1) is 16.0. The Morgan fingerprint density at radius 2 is 1.96 bits per heavy atom. The van der Waals surface area contributed by atoms with Crippen LogP contribution in [-0.2, 0) is 14.3 Å². The monoisotopic (exact) mass is 394 g/mol. The molecule has 0 radical (unpaired) electrons. The Kier molecular flexibility index (Phi) is 3.61. The van der Waals surface area contributed by atoms with Gasteiger partial charge in [-0.15, -0.1) is 0 Å². The van der Waals surface area contributed by atoms with Crippen molar-refractivity contribution in [2.45, 2.75) is 62.5 Å². The van der Waals surface area contributed by atoms with Gasteiger partial charge >= 0.3 is 0 Å². The number of halogens is 1. The Labute approximate surface area is 152 Å². The predicted molar refractivity (Wildman–Crippen MR) is 94.8 cm³/mol. The molecule has 0 unspecified atom stereocenters. The number of carbonyl (C=O) groups is 1. The van der Waals surface area contributed by atoms with Crippen molar-refractivity contribution in [3.8, 4) is 0 Å². The van der Waals surface area contributed by atoms with Crippen LogP contribution in [0.5, 0.6) is 0 Å². The molecule has 1 aliphatic heterocycles. The van der Waals surface area contributed by atoms with Crippen molar-refractivity contribution in [1.29, 1.82) is 0 Å². The molecule has 1 spiro atoms. The maximum absolute atomic E-state index is 12.7. The minimum absolute atomic E-state index is 0.0752. The summed E-state index contributed by atoms with van der Waals surface area (Å²) in [7, 11) is 0. The lowest BCUT2D eigenvalue weighted by Crippen LogP contribution is -2.48. The number of carbonyl (C=O) groups excluding carboxylic acids is 1. The second-order valence-electron chi connectivity index (χ2n) is 8.90. The summed E-state index contributed by atoms with van der Waals surface area (Å²) in [5.74, 6) is 2.91. The van der Waals surface area contributed by atoms with E-state index in [0.29, 0.717) is 23.5 Å². The van der Waals surface area contributed by atoms with Crippen LogP contribution in [0.4, 0.5) is 0 Å². The first-order valence-electron chi connectivity index (χ1n) is 9.68. The van der Waals surface area contributed by atoms with E-state index in [0.717, 1.165) is 51.2 Å². The Morgan fingerprint density at radius 1 is 1.17 bits per heavy atom. The normalized spacial score (nSPS) is 49.5. The summed E-state index contributed by atoms with van der Waals surface area (Å²) in [6.45, 7) is 3.74. The van der Waals surface area contributed by atoms with Gasteiger partial charge in [-0.3, -0.25) is 4.79 Å². The van der Waals surface area contributed by atoms with Gasteiger partial charge in [0.2, 0.25) is 0 Å². The molecule has 0 bridgehead atoms. The van der Waals surface area contributed by atoms with Gasteiger partial charge in [0.1, 0.15) is 0 Å². The Morgan fingerprint density at radius 3 is 2.75 bits per heavy atom. The summed E-state index contributed by atoms with van der Waals surface area (Å²) < 4.78 is 11.9. The average molecular weight is 395 g/mol. The summed E-state index contributed by atoms with van der Waals surface area (Å²) in [4.78, 5) is 12.8. The first-order valence-corrected chi connectivity index (χ1v) is 10.6. The standard InChI is InChI=1S/C20H27BrO3/c1-19-6-4-14-13-5-7-20(23-8-9-24-20)11-12(13)2-3-15(14)16(19)10-17(21)18(19)22/h2,13-17H,3-11H2,1H3/t13-,14+,15+,16-,17+,19-/m0/s1. The number of hydrogen-bond donors (Lipinski definition) is 0. The third kappa shape index (κ3) is 2.12. The van der Waals surface area contributed by atoms with Gasteiger partial charge in [0, 0.05) is 18.3 Å². The smallest absolute Gasteiger partial charge is 0.172 e. The van der Waals surface area contributed by atoms with Crippen LogP contribution in [-0.4, -0.2) is 29.6 Å². The fraction of sp³-hybridized carbons (Fsp3) is 0.850. The molecular formula is C20H27BrO3. The van der Waals surface area contributed by atoms with Gasteiger partial charge in [-0.05, 0) is 55.8 Å². The molecule has 24 heavy (non-hydrogen) atoms. The van der Waals surface area contributed by atoms with E-state index in [-0.39, 0.29) is 16.0 Å². The minimum atomic E-state index is -0.303. The molecule has 0 aromatic rings. The quantitative estimate of drug-likeness (QED) is 0.455. The lowest BCUT2D eigenvalue weighted by Gasteiger charge is -2.52. The molecule has 4 fully saturated rings. The van der Waals surface area contributed by atoms with Crippen molar-refractivity contribution < 1.29 is 14.3 Å². The second kappa shape index (κ2) is 5.40. The van der Waals surface area contributed by atoms with Gasteiger partial charge < -0.3 is 9.47 Å². The number of allylic oxidation sites excluding steroid dienone is 1. The third-order valence-electron chi connectivity index (χ3n) is 7.96. The van der Waals surface area contributed by atoms with Gasteiger partial charge in [-0.1, -0.05) is 34.5 Å². The van der Waals surface area contributed by atoms with Crippen LogP contribution >= 0.6 is 15.9 Å². The van der Waals surface area contributed by atoms with E-state index in [4.69, 9.17) is 9.47 Å². The molecule has 132 valence electrons. The van der Waals surface area contributed by atoms with Crippen molar-refractivity contribution in [2.24, 2.45) is 29.1 Å². The fourth-order valence-electron chi connectivity index (χ4n) is 6.74. The first-order chi connectivity index (χ1) is 11.5. The third-order valence-corrected chi connectivity index (χ3v) is 8.75. The fourth-order valence-corrected chi connectivity index (χ4v) is 7.66. The van der Waals surface area contributed by atoms with Gasteiger partial charge in [0.15, 0.2) is 11.6 Å². The number of fused-ring (bicyclic) bond motifs is 5. The summed E-state index contributed by atoms with van der Waals surface area (Å²) >= 11 is 3.66. The molecule has 0 amide bonds. The Balaban J connectivity index is 1.42. The largest absolute Gasteiger partial charge is 0.347 e. The van der Waals surface area contributed by atoms with Gasteiger partial charge in [-0.25, -0.2) is 0 Å². The summed E-state index contributed by atoms with van der Waals surface area (Å²) in [5, 5.41) is 0. The molecule has 6 atom stereocenters. The van der Waals surface area contributed by atoms with Crippen LogP contribution in [0.1, 0.15) is 51.9 Å². The van der Waals surface area contributed by atoms with Crippen LogP contribution in [0.25, 0.3) is 0 Å². The predicted octanol–water partition coefficient (Wildman–Crippen LogP) is 4.24. The van der Waals surface area contributed by atoms with Crippen molar-refractivity contribution in [2.75, 3.05) is 13.2 Å². The molecular weight excluding hydrogens is 368 g/mol. The number of alkyl halides is 1. The van der Waals surface area contributed by atoms with E-state index < -0.39 is 0 Å². The van der Waals surface area contributed by atoms with Crippen molar-refractivity contribution in [3.05, 3.63) is 11.6 Å². The van der Waals surface area contributed by atoms with Crippen LogP contribution in [0.3, 0.4) is 0 Å². The molecule has 0 aromatic carbocycles. The number of rotatable bonds is 0. The van der Waals surface area contributed by atoms with Gasteiger partial charge in [0.05, 0.1) is 18.0 Å². The van der Waals surface area contributed by atoms with Crippen LogP contribution in [0.15, 0.2) is 11.6 Å². The molecule has 3 saturated carbocycles. The Bertz CT molecular complexity index is 594. The van der Waals surface area contributed by atoms with Crippen LogP contribution in [0, 0.1) is 29.1 Å². The summed E-state index contributed by atoms with van der Waals surface area (Å²) in [6.07, 6.45) is 10.2. The maximum atomic E-state index is 12.7.